The SMILES string of the molecule is Cc1csc(SC[N+](=O)[O-])c1. The van der Waals surface area contributed by atoms with Gasteiger partial charge in [-0.15, -0.1) is 11.3 Å². The average molecular weight is 189 g/mol. The second-order valence-electron chi connectivity index (χ2n) is 2.05. The Balaban J connectivity index is 2.45. The van der Waals surface area contributed by atoms with Crippen molar-refractivity contribution in [1.82, 2.24) is 0 Å². The van der Waals surface area contributed by atoms with Crippen molar-refractivity contribution in [1.29, 1.82) is 0 Å². The van der Waals surface area contributed by atoms with Crippen LogP contribution >= 0.6 is 23.1 Å². The van der Waals surface area contributed by atoms with Gasteiger partial charge in [0, 0.05) is 4.92 Å². The summed E-state index contributed by atoms with van der Waals surface area (Å²) in [6.07, 6.45) is 0. The number of hydrogen-bond donors (Lipinski definition) is 0. The van der Waals surface area contributed by atoms with E-state index in [1.807, 2.05) is 18.4 Å². The lowest BCUT2D eigenvalue weighted by Gasteiger charge is -1.88. The molecule has 0 aliphatic carbocycles. The Morgan fingerprint density at radius 1 is 1.82 bits per heavy atom. The second kappa shape index (κ2) is 3.73. The van der Waals surface area contributed by atoms with Crippen LogP contribution in [-0.2, 0) is 0 Å². The highest BCUT2D eigenvalue weighted by Crippen LogP contribution is 2.25. The molecule has 1 aromatic heterocycles. The summed E-state index contributed by atoms with van der Waals surface area (Å²) in [4.78, 5) is 9.65. The Labute approximate surface area is 72.6 Å². The van der Waals surface area contributed by atoms with Crippen LogP contribution < -0.4 is 0 Å². The molecule has 3 nitrogen and oxygen atoms in total. The molecule has 0 aliphatic heterocycles. The van der Waals surface area contributed by atoms with Gasteiger partial charge in [0.05, 0.1) is 4.21 Å². The maximum absolute atomic E-state index is 9.97. The van der Waals surface area contributed by atoms with Gasteiger partial charge < -0.3 is 0 Å². The van der Waals surface area contributed by atoms with Crippen LogP contribution in [0.5, 0.6) is 0 Å². The molecule has 0 saturated carbocycles. The fourth-order valence-electron chi connectivity index (χ4n) is 0.597. The molecule has 1 heterocycles. The Kier molecular flexibility index (Phi) is 2.90. The van der Waals surface area contributed by atoms with Gasteiger partial charge in [-0.05, 0) is 35.7 Å². The van der Waals surface area contributed by atoms with Gasteiger partial charge in [-0.2, -0.15) is 0 Å². The third-order valence-corrected chi connectivity index (χ3v) is 3.24. The van der Waals surface area contributed by atoms with Gasteiger partial charge >= 0.3 is 0 Å². The fraction of sp³-hybridized carbons (Fsp3) is 0.333. The zero-order valence-electron chi connectivity index (χ0n) is 5.94. The molecular formula is C6H7NO2S2. The number of thiophene rings is 1. The van der Waals surface area contributed by atoms with E-state index in [1.54, 1.807) is 11.3 Å². The molecule has 0 fully saturated rings. The number of thioether (sulfide) groups is 1. The lowest BCUT2D eigenvalue weighted by atomic mass is 10.4. The Hall–Kier alpha value is -0.550. The van der Waals surface area contributed by atoms with Crippen LogP contribution in [0.1, 0.15) is 5.56 Å². The van der Waals surface area contributed by atoms with Gasteiger partial charge in [-0.1, -0.05) is 0 Å². The summed E-state index contributed by atoms with van der Waals surface area (Å²) < 4.78 is 1.01. The van der Waals surface area contributed by atoms with Crippen LogP contribution in [0.2, 0.25) is 0 Å². The average Bonchev–Trinajstić information content (AvgIpc) is 2.31. The minimum absolute atomic E-state index is 0.0417. The lowest BCUT2D eigenvalue weighted by Crippen LogP contribution is -1.93. The van der Waals surface area contributed by atoms with Crippen molar-refractivity contribution in [3.63, 3.8) is 0 Å². The maximum Gasteiger partial charge on any atom is 0.254 e. The summed E-state index contributed by atoms with van der Waals surface area (Å²) in [6.45, 7) is 1.98. The van der Waals surface area contributed by atoms with Crippen LogP contribution in [0.25, 0.3) is 0 Å². The minimum Gasteiger partial charge on any atom is -0.264 e. The van der Waals surface area contributed by atoms with Gasteiger partial charge in [-0.3, -0.25) is 10.1 Å². The number of nitrogens with zero attached hydrogens (tertiary/aromatic N) is 1. The van der Waals surface area contributed by atoms with E-state index in [2.05, 4.69) is 0 Å². The molecule has 5 heteroatoms. The van der Waals surface area contributed by atoms with Gasteiger partial charge in [-0.25, -0.2) is 0 Å². The van der Waals surface area contributed by atoms with Crippen LogP contribution in [0.4, 0.5) is 0 Å². The quantitative estimate of drug-likeness (QED) is 0.317. The van der Waals surface area contributed by atoms with Crippen LogP contribution in [-0.4, -0.2) is 10.8 Å². The zero-order chi connectivity index (χ0) is 8.27. The number of rotatable bonds is 3. The van der Waals surface area contributed by atoms with E-state index in [4.69, 9.17) is 0 Å². The highest BCUT2D eigenvalue weighted by molar-refractivity contribution is 8.00. The van der Waals surface area contributed by atoms with E-state index in [-0.39, 0.29) is 10.8 Å². The molecule has 0 aliphatic rings. The fourth-order valence-corrected chi connectivity index (χ4v) is 2.30. The molecule has 0 bridgehead atoms. The Morgan fingerprint density at radius 3 is 3.00 bits per heavy atom. The molecule has 0 aromatic carbocycles. The first kappa shape index (κ1) is 8.55. The predicted molar refractivity (Wildman–Crippen MR) is 46.8 cm³/mol. The topological polar surface area (TPSA) is 43.1 Å². The van der Waals surface area contributed by atoms with Gasteiger partial charge in [0.25, 0.3) is 5.88 Å². The van der Waals surface area contributed by atoms with Crippen molar-refractivity contribution in [3.8, 4) is 0 Å². The first-order chi connectivity index (χ1) is 5.18. The Morgan fingerprint density at radius 2 is 2.55 bits per heavy atom. The van der Waals surface area contributed by atoms with E-state index < -0.39 is 0 Å². The third-order valence-electron chi connectivity index (χ3n) is 1.02. The summed E-state index contributed by atoms with van der Waals surface area (Å²) in [7, 11) is 0. The molecular weight excluding hydrogens is 182 g/mol. The van der Waals surface area contributed by atoms with E-state index in [1.165, 1.54) is 17.3 Å². The predicted octanol–water partition coefficient (Wildman–Crippen LogP) is 2.38. The summed E-state index contributed by atoms with van der Waals surface area (Å²) in [5.74, 6) is -0.0417. The molecule has 1 rings (SSSR count). The number of hydrogen-bond acceptors (Lipinski definition) is 4. The molecule has 0 atom stereocenters. The third kappa shape index (κ3) is 2.90. The summed E-state index contributed by atoms with van der Waals surface area (Å²) >= 11 is 2.82. The first-order valence-corrected chi connectivity index (χ1v) is 4.85. The van der Waals surface area contributed by atoms with Crippen molar-refractivity contribution in [3.05, 3.63) is 27.1 Å². The van der Waals surface area contributed by atoms with Crippen LogP contribution in [0, 0.1) is 17.0 Å². The standard InChI is InChI=1S/C6H7NO2S2/c1-5-2-6(10-3-5)11-4-7(8)9/h2-3H,4H2,1H3. The minimum atomic E-state index is -0.320. The Bertz CT molecular complexity index is 259. The highest BCUT2D eigenvalue weighted by atomic mass is 32.2. The molecule has 0 saturated heterocycles. The monoisotopic (exact) mass is 189 g/mol. The van der Waals surface area contributed by atoms with E-state index >= 15 is 0 Å². The van der Waals surface area contributed by atoms with Gasteiger partial charge in [0.15, 0.2) is 0 Å². The summed E-state index contributed by atoms with van der Waals surface area (Å²) in [5.41, 5.74) is 1.17. The first-order valence-electron chi connectivity index (χ1n) is 2.98. The molecule has 0 spiro atoms. The summed E-state index contributed by atoms with van der Waals surface area (Å²) in [6, 6.07) is 1.96. The molecule has 11 heavy (non-hydrogen) atoms. The summed E-state index contributed by atoms with van der Waals surface area (Å²) in [5, 5.41) is 12.0. The molecule has 0 amide bonds. The highest BCUT2D eigenvalue weighted by Gasteiger charge is 2.01. The van der Waals surface area contributed by atoms with Crippen molar-refractivity contribution in [2.24, 2.45) is 0 Å². The molecule has 0 N–H and O–H groups in total. The van der Waals surface area contributed by atoms with Crippen molar-refractivity contribution >= 4 is 23.1 Å². The van der Waals surface area contributed by atoms with Crippen molar-refractivity contribution in [2.75, 3.05) is 5.88 Å². The molecule has 1 aromatic rings. The van der Waals surface area contributed by atoms with Crippen molar-refractivity contribution < 1.29 is 4.92 Å². The lowest BCUT2D eigenvalue weighted by molar-refractivity contribution is -0.456. The van der Waals surface area contributed by atoms with Crippen molar-refractivity contribution in [2.45, 2.75) is 11.1 Å². The smallest absolute Gasteiger partial charge is 0.254 e. The molecule has 0 unspecified atom stereocenters. The van der Waals surface area contributed by atoms with Crippen LogP contribution in [0.15, 0.2) is 15.7 Å². The molecule has 0 radical (unpaired) electrons. The molecule has 60 valence electrons. The van der Waals surface area contributed by atoms with E-state index in [0.29, 0.717) is 0 Å². The van der Waals surface area contributed by atoms with E-state index in [0.717, 1.165) is 4.21 Å². The number of nitro groups is 1. The largest absolute Gasteiger partial charge is 0.264 e. The second-order valence-corrected chi connectivity index (χ2v) is 4.21. The maximum atomic E-state index is 9.97. The normalized spacial score (nSPS) is 9.91. The van der Waals surface area contributed by atoms with Gasteiger partial charge in [0.2, 0.25) is 0 Å². The van der Waals surface area contributed by atoms with Gasteiger partial charge in [0.1, 0.15) is 0 Å². The van der Waals surface area contributed by atoms with Crippen LogP contribution in [0.3, 0.4) is 0 Å². The zero-order valence-corrected chi connectivity index (χ0v) is 7.58. The number of aryl methyl sites for hydroxylation is 1. The van der Waals surface area contributed by atoms with E-state index in [9.17, 15) is 10.1 Å².